The molecule has 1 aromatic carbocycles. The lowest BCUT2D eigenvalue weighted by molar-refractivity contribution is 0.0601. The van der Waals surface area contributed by atoms with E-state index in [0.717, 1.165) is 16.0 Å². The summed E-state index contributed by atoms with van der Waals surface area (Å²) in [5.41, 5.74) is 1.76. The Morgan fingerprint density at radius 3 is 2.90 bits per heavy atom. The zero-order valence-electron chi connectivity index (χ0n) is 11.8. The summed E-state index contributed by atoms with van der Waals surface area (Å²) in [6.07, 6.45) is 5.40. The minimum absolute atomic E-state index is 0.512. The molecule has 2 heterocycles. The summed E-state index contributed by atoms with van der Waals surface area (Å²) in [4.78, 5) is 2.59. The van der Waals surface area contributed by atoms with Crippen molar-refractivity contribution in [1.82, 2.24) is 10.2 Å². The van der Waals surface area contributed by atoms with Crippen molar-refractivity contribution < 1.29 is 0 Å². The summed E-state index contributed by atoms with van der Waals surface area (Å²) in [7, 11) is 0. The molecule has 0 saturated carbocycles. The fraction of sp³-hybridized carbons (Fsp3) is 0.625. The van der Waals surface area contributed by atoms with Gasteiger partial charge in [0, 0.05) is 29.1 Å². The molecule has 2 aliphatic heterocycles. The average Bonchev–Trinajstić information content (AvgIpc) is 2.43. The van der Waals surface area contributed by atoms with Crippen molar-refractivity contribution in [2.45, 2.75) is 32.2 Å². The van der Waals surface area contributed by atoms with Crippen molar-refractivity contribution in [1.29, 1.82) is 0 Å². The molecule has 1 atom stereocenters. The Labute approximate surface area is 135 Å². The first kappa shape index (κ1) is 14.8. The van der Waals surface area contributed by atoms with E-state index in [-0.39, 0.29) is 0 Å². The van der Waals surface area contributed by atoms with Gasteiger partial charge in [-0.3, -0.25) is 4.90 Å². The van der Waals surface area contributed by atoms with Gasteiger partial charge in [-0.1, -0.05) is 33.6 Å². The third-order valence-corrected chi connectivity index (χ3v) is 5.56. The molecule has 0 bridgehead atoms. The van der Waals surface area contributed by atoms with Crippen LogP contribution in [0.5, 0.6) is 0 Å². The maximum Gasteiger partial charge on any atom is 0.0462 e. The monoisotopic (exact) mass is 356 g/mol. The largest absolute Gasteiger partial charge is 0.316 e. The zero-order valence-corrected chi connectivity index (χ0v) is 14.1. The first-order valence-electron chi connectivity index (χ1n) is 7.54. The van der Waals surface area contributed by atoms with Crippen molar-refractivity contribution in [2.75, 3.05) is 26.2 Å². The fourth-order valence-electron chi connectivity index (χ4n) is 3.71. The molecule has 1 unspecified atom stereocenters. The van der Waals surface area contributed by atoms with E-state index in [1.807, 2.05) is 6.07 Å². The van der Waals surface area contributed by atoms with Crippen LogP contribution in [0.15, 0.2) is 22.7 Å². The van der Waals surface area contributed by atoms with E-state index in [0.29, 0.717) is 5.41 Å². The third-order valence-electron chi connectivity index (χ3n) is 4.71. The van der Waals surface area contributed by atoms with Crippen LogP contribution in [0.3, 0.4) is 0 Å². The number of nitrogens with one attached hydrogen (secondary N) is 1. The number of rotatable bonds is 2. The molecule has 3 rings (SSSR count). The van der Waals surface area contributed by atoms with Crippen LogP contribution >= 0.6 is 27.5 Å². The fourth-order valence-corrected chi connectivity index (χ4v) is 4.45. The SMILES string of the molecule is Clc1cc(Br)ccc1CN1CCCC2(CCCNC2)C1. The molecule has 1 aromatic rings. The van der Waals surface area contributed by atoms with Crippen molar-refractivity contribution in [3.05, 3.63) is 33.3 Å². The molecule has 2 nitrogen and oxygen atoms in total. The van der Waals surface area contributed by atoms with E-state index in [9.17, 15) is 0 Å². The van der Waals surface area contributed by atoms with Crippen LogP contribution in [0.2, 0.25) is 5.02 Å². The van der Waals surface area contributed by atoms with E-state index in [2.05, 4.69) is 38.3 Å². The van der Waals surface area contributed by atoms with Gasteiger partial charge in [0.1, 0.15) is 0 Å². The van der Waals surface area contributed by atoms with Crippen molar-refractivity contribution in [2.24, 2.45) is 5.41 Å². The van der Waals surface area contributed by atoms with Gasteiger partial charge in [0.05, 0.1) is 0 Å². The molecule has 1 N–H and O–H groups in total. The minimum Gasteiger partial charge on any atom is -0.316 e. The van der Waals surface area contributed by atoms with Gasteiger partial charge in [0.25, 0.3) is 0 Å². The van der Waals surface area contributed by atoms with Gasteiger partial charge in [0.15, 0.2) is 0 Å². The normalized spacial score (nSPS) is 27.9. The quantitative estimate of drug-likeness (QED) is 0.858. The number of benzene rings is 1. The molecule has 110 valence electrons. The van der Waals surface area contributed by atoms with Crippen LogP contribution in [0, 0.1) is 5.41 Å². The highest BCUT2D eigenvalue weighted by atomic mass is 79.9. The average molecular weight is 358 g/mol. The van der Waals surface area contributed by atoms with Gasteiger partial charge >= 0.3 is 0 Å². The van der Waals surface area contributed by atoms with Gasteiger partial charge in [-0.15, -0.1) is 0 Å². The van der Waals surface area contributed by atoms with E-state index >= 15 is 0 Å². The van der Waals surface area contributed by atoms with Gasteiger partial charge < -0.3 is 5.32 Å². The van der Waals surface area contributed by atoms with Crippen molar-refractivity contribution in [3.8, 4) is 0 Å². The lowest BCUT2D eigenvalue weighted by atomic mass is 9.74. The molecule has 1 spiro atoms. The predicted molar refractivity (Wildman–Crippen MR) is 88.2 cm³/mol. The summed E-state index contributed by atoms with van der Waals surface area (Å²) >= 11 is 9.83. The molecule has 2 saturated heterocycles. The van der Waals surface area contributed by atoms with Gasteiger partial charge in [-0.2, -0.15) is 0 Å². The third kappa shape index (κ3) is 3.38. The molecule has 20 heavy (non-hydrogen) atoms. The molecule has 4 heteroatoms. The number of hydrogen-bond acceptors (Lipinski definition) is 2. The van der Waals surface area contributed by atoms with E-state index in [1.54, 1.807) is 0 Å². The molecule has 2 aliphatic rings. The van der Waals surface area contributed by atoms with E-state index < -0.39 is 0 Å². The highest BCUT2D eigenvalue weighted by Gasteiger charge is 2.36. The Kier molecular flexibility index (Phi) is 4.71. The second-order valence-electron chi connectivity index (χ2n) is 6.33. The van der Waals surface area contributed by atoms with Gasteiger partial charge in [-0.05, 0) is 61.9 Å². The number of nitrogens with zero attached hydrogens (tertiary/aromatic N) is 1. The topological polar surface area (TPSA) is 15.3 Å². The Morgan fingerprint density at radius 1 is 1.30 bits per heavy atom. The van der Waals surface area contributed by atoms with Gasteiger partial charge in [-0.25, -0.2) is 0 Å². The summed E-state index contributed by atoms with van der Waals surface area (Å²) in [5, 5.41) is 4.47. The molecule has 0 aromatic heterocycles. The highest BCUT2D eigenvalue weighted by molar-refractivity contribution is 9.10. The standard InChI is InChI=1S/C16H22BrClN2/c17-14-4-3-13(15(18)9-14)10-20-8-2-6-16(12-20)5-1-7-19-11-16/h3-4,9,19H,1-2,5-8,10-12H2. The van der Waals surface area contributed by atoms with Gasteiger partial charge in [0.2, 0.25) is 0 Å². The second-order valence-corrected chi connectivity index (χ2v) is 7.65. The first-order chi connectivity index (χ1) is 9.67. The lowest BCUT2D eigenvalue weighted by Gasteiger charge is -2.45. The smallest absolute Gasteiger partial charge is 0.0462 e. The molecule has 2 fully saturated rings. The summed E-state index contributed by atoms with van der Waals surface area (Å²) in [5.74, 6) is 0. The molecule has 0 radical (unpaired) electrons. The summed E-state index contributed by atoms with van der Waals surface area (Å²) in [6.45, 7) is 5.78. The predicted octanol–water partition coefficient (Wildman–Crippen LogP) is 4.07. The number of piperidine rings is 2. The van der Waals surface area contributed by atoms with Crippen molar-refractivity contribution >= 4 is 27.5 Å². The number of hydrogen-bond donors (Lipinski definition) is 1. The van der Waals surface area contributed by atoms with E-state index in [1.165, 1.54) is 57.4 Å². The Morgan fingerprint density at radius 2 is 2.15 bits per heavy atom. The number of halogens is 2. The van der Waals surface area contributed by atoms with Crippen LogP contribution < -0.4 is 5.32 Å². The Bertz CT molecular complexity index is 466. The first-order valence-corrected chi connectivity index (χ1v) is 8.71. The van der Waals surface area contributed by atoms with Crippen LogP contribution in [0.4, 0.5) is 0 Å². The highest BCUT2D eigenvalue weighted by Crippen LogP contribution is 2.36. The molecular formula is C16H22BrClN2. The summed E-state index contributed by atoms with van der Waals surface area (Å²) in [6, 6.07) is 6.23. The van der Waals surface area contributed by atoms with E-state index in [4.69, 9.17) is 11.6 Å². The number of likely N-dealkylation sites (tertiary alicyclic amines) is 1. The Hall–Kier alpha value is -0.0900. The van der Waals surface area contributed by atoms with Crippen LogP contribution in [-0.4, -0.2) is 31.1 Å². The molecular weight excluding hydrogens is 336 g/mol. The van der Waals surface area contributed by atoms with Crippen LogP contribution in [-0.2, 0) is 6.54 Å². The minimum atomic E-state index is 0.512. The molecule has 0 aliphatic carbocycles. The maximum absolute atomic E-state index is 6.36. The van der Waals surface area contributed by atoms with Crippen LogP contribution in [0.1, 0.15) is 31.2 Å². The second kappa shape index (κ2) is 6.35. The zero-order chi connectivity index (χ0) is 14.0. The lowest BCUT2D eigenvalue weighted by Crippen LogP contribution is -2.50. The van der Waals surface area contributed by atoms with Crippen molar-refractivity contribution in [3.63, 3.8) is 0 Å². The Balaban J connectivity index is 1.68. The summed E-state index contributed by atoms with van der Waals surface area (Å²) < 4.78 is 1.05. The van der Waals surface area contributed by atoms with Crippen LogP contribution in [0.25, 0.3) is 0 Å². The maximum atomic E-state index is 6.36. The molecule has 0 amide bonds.